The average Bonchev–Trinajstić information content (AvgIpc) is 2.76. The van der Waals surface area contributed by atoms with Crippen LogP contribution in [-0.2, 0) is 12.5 Å². The Hall–Kier alpha value is -1.20. The largest absolute Gasteiger partial charge is 0.308 e. The van der Waals surface area contributed by atoms with Gasteiger partial charge in [-0.2, -0.15) is 0 Å². The van der Waals surface area contributed by atoms with E-state index in [1.807, 2.05) is 17.8 Å². The molecule has 0 aliphatic heterocycles. The lowest BCUT2D eigenvalue weighted by molar-refractivity contribution is 0.336. The highest BCUT2D eigenvalue weighted by Gasteiger charge is 2.35. The monoisotopic (exact) mass is 336 g/mol. The Morgan fingerprint density at radius 3 is 2.45 bits per heavy atom. The second-order valence-corrected chi connectivity index (χ2v) is 6.22. The third-order valence-corrected chi connectivity index (χ3v) is 4.31. The van der Waals surface area contributed by atoms with Crippen LogP contribution in [-0.4, -0.2) is 21.5 Å². The van der Waals surface area contributed by atoms with Gasteiger partial charge in [-0.15, -0.1) is 5.10 Å². The molecule has 5 heteroatoms. The van der Waals surface area contributed by atoms with Gasteiger partial charge in [0.1, 0.15) is 0 Å². The van der Waals surface area contributed by atoms with Gasteiger partial charge in [0.25, 0.3) is 0 Å². The minimum absolute atomic E-state index is 0.0741. The molecule has 0 fully saturated rings. The predicted octanol–water partition coefficient (Wildman–Crippen LogP) is 3.21. The van der Waals surface area contributed by atoms with Gasteiger partial charge < -0.3 is 5.32 Å². The van der Waals surface area contributed by atoms with E-state index < -0.39 is 0 Å². The van der Waals surface area contributed by atoms with Crippen molar-refractivity contribution < 1.29 is 0 Å². The van der Waals surface area contributed by atoms with Crippen LogP contribution in [0.4, 0.5) is 0 Å². The Labute approximate surface area is 128 Å². The normalized spacial score (nSPS) is 13.4. The summed E-state index contributed by atoms with van der Waals surface area (Å²) in [7, 11) is 1.93. The van der Waals surface area contributed by atoms with Crippen LogP contribution in [0, 0.1) is 0 Å². The first-order valence-corrected chi connectivity index (χ1v) is 7.61. The van der Waals surface area contributed by atoms with Crippen molar-refractivity contribution in [2.75, 3.05) is 6.54 Å². The lowest BCUT2D eigenvalue weighted by Crippen LogP contribution is -2.38. The van der Waals surface area contributed by atoms with Gasteiger partial charge in [0.2, 0.25) is 0 Å². The highest BCUT2D eigenvalue weighted by atomic mass is 79.9. The Morgan fingerprint density at radius 2 is 1.95 bits per heavy atom. The number of benzene rings is 1. The molecule has 0 aliphatic carbocycles. The third kappa shape index (κ3) is 2.79. The number of rotatable bonds is 5. The minimum atomic E-state index is -0.0741. The molecular formula is C15H21BrN4. The Bertz CT molecular complexity index is 543. The van der Waals surface area contributed by atoms with Gasteiger partial charge in [0.15, 0.2) is 4.60 Å². The van der Waals surface area contributed by atoms with E-state index in [9.17, 15) is 0 Å². The molecule has 0 radical (unpaired) electrons. The molecule has 0 bridgehead atoms. The zero-order valence-electron chi connectivity index (χ0n) is 12.4. The maximum atomic E-state index is 4.12. The highest BCUT2D eigenvalue weighted by molar-refractivity contribution is 9.10. The molecule has 0 amide bonds. The lowest BCUT2D eigenvalue weighted by atomic mass is 9.76. The van der Waals surface area contributed by atoms with Crippen LogP contribution in [0.2, 0.25) is 0 Å². The molecule has 0 saturated carbocycles. The van der Waals surface area contributed by atoms with Crippen molar-refractivity contribution in [3.63, 3.8) is 0 Å². The van der Waals surface area contributed by atoms with E-state index in [0.717, 1.165) is 16.8 Å². The first-order valence-electron chi connectivity index (χ1n) is 6.82. The molecule has 4 nitrogen and oxygen atoms in total. The summed E-state index contributed by atoms with van der Waals surface area (Å²) < 4.78 is 2.64. The summed E-state index contributed by atoms with van der Waals surface area (Å²) in [5.41, 5.74) is 2.29. The number of hydrogen-bond acceptors (Lipinski definition) is 3. The maximum Gasteiger partial charge on any atom is 0.153 e. The van der Waals surface area contributed by atoms with Crippen molar-refractivity contribution in [1.82, 2.24) is 20.3 Å². The molecule has 1 atom stereocenters. The van der Waals surface area contributed by atoms with E-state index in [-0.39, 0.29) is 11.5 Å². The zero-order valence-corrected chi connectivity index (χ0v) is 14.0. The minimum Gasteiger partial charge on any atom is -0.308 e. The molecule has 0 saturated heterocycles. The summed E-state index contributed by atoms with van der Waals surface area (Å²) in [5.74, 6) is 0. The molecule has 1 aromatic carbocycles. The van der Waals surface area contributed by atoms with Gasteiger partial charge in [-0.1, -0.05) is 56.3 Å². The van der Waals surface area contributed by atoms with E-state index in [1.165, 1.54) is 5.56 Å². The first kappa shape index (κ1) is 15.2. The van der Waals surface area contributed by atoms with Crippen molar-refractivity contribution in [3.05, 3.63) is 46.2 Å². The number of aromatic nitrogens is 3. The summed E-state index contributed by atoms with van der Waals surface area (Å²) in [5, 5.41) is 11.8. The van der Waals surface area contributed by atoms with Gasteiger partial charge in [0.05, 0.1) is 11.7 Å². The third-order valence-electron chi connectivity index (χ3n) is 3.75. The van der Waals surface area contributed by atoms with Gasteiger partial charge in [-0.05, 0) is 28.0 Å². The van der Waals surface area contributed by atoms with Crippen LogP contribution in [0.5, 0.6) is 0 Å². The molecule has 1 N–H and O–H groups in total. The molecule has 20 heavy (non-hydrogen) atoms. The van der Waals surface area contributed by atoms with Gasteiger partial charge >= 0.3 is 0 Å². The van der Waals surface area contributed by atoms with Crippen LogP contribution in [0.3, 0.4) is 0 Å². The fraction of sp³-hybridized carbons (Fsp3) is 0.467. The maximum absolute atomic E-state index is 4.12. The van der Waals surface area contributed by atoms with E-state index in [2.05, 4.69) is 76.6 Å². The van der Waals surface area contributed by atoms with Gasteiger partial charge in [-0.3, -0.25) is 0 Å². The van der Waals surface area contributed by atoms with Crippen LogP contribution < -0.4 is 5.32 Å². The summed E-state index contributed by atoms with van der Waals surface area (Å²) in [6, 6.07) is 10.7. The Kier molecular flexibility index (Phi) is 4.60. The van der Waals surface area contributed by atoms with Crippen LogP contribution in [0.1, 0.15) is 38.1 Å². The number of aryl methyl sites for hydroxylation is 1. The molecular weight excluding hydrogens is 316 g/mol. The number of halogens is 1. The molecule has 108 valence electrons. The van der Waals surface area contributed by atoms with E-state index in [4.69, 9.17) is 0 Å². The second-order valence-electron chi connectivity index (χ2n) is 5.47. The Balaban J connectivity index is 2.48. The molecule has 2 aromatic rings. The van der Waals surface area contributed by atoms with Crippen LogP contribution in [0.15, 0.2) is 34.9 Å². The summed E-state index contributed by atoms with van der Waals surface area (Å²) in [6.45, 7) is 7.49. The quantitative estimate of drug-likeness (QED) is 0.911. The average molecular weight is 337 g/mol. The van der Waals surface area contributed by atoms with Crippen molar-refractivity contribution >= 4 is 15.9 Å². The number of nitrogens with zero attached hydrogens (tertiary/aromatic N) is 3. The van der Waals surface area contributed by atoms with Crippen molar-refractivity contribution in [2.45, 2.75) is 32.2 Å². The predicted molar refractivity (Wildman–Crippen MR) is 84.6 cm³/mol. The molecule has 1 heterocycles. The smallest absolute Gasteiger partial charge is 0.153 e. The molecule has 0 spiro atoms. The standard InChI is InChI=1S/C15H21BrN4/c1-5-17-13(12-14(16)18-19-20(12)4)15(2,3)11-9-7-6-8-10-11/h6-10,13,17H,5H2,1-4H3. The van der Waals surface area contributed by atoms with Crippen molar-refractivity contribution in [1.29, 1.82) is 0 Å². The summed E-state index contributed by atoms with van der Waals surface area (Å²) in [6.07, 6.45) is 0. The zero-order chi connectivity index (χ0) is 14.8. The fourth-order valence-corrected chi connectivity index (χ4v) is 3.13. The van der Waals surface area contributed by atoms with Gasteiger partial charge in [-0.25, -0.2) is 4.68 Å². The van der Waals surface area contributed by atoms with Crippen LogP contribution >= 0.6 is 15.9 Å². The topological polar surface area (TPSA) is 42.7 Å². The first-order chi connectivity index (χ1) is 9.48. The number of likely N-dealkylation sites (N-methyl/N-ethyl adjacent to an activating group) is 1. The molecule has 1 unspecified atom stereocenters. The second kappa shape index (κ2) is 6.06. The Morgan fingerprint density at radius 1 is 1.30 bits per heavy atom. The van der Waals surface area contributed by atoms with E-state index >= 15 is 0 Å². The SMILES string of the molecule is CCNC(c1c(Br)nnn1C)C(C)(C)c1ccccc1. The van der Waals surface area contributed by atoms with Crippen LogP contribution in [0.25, 0.3) is 0 Å². The fourth-order valence-electron chi connectivity index (χ4n) is 2.58. The summed E-state index contributed by atoms with van der Waals surface area (Å²) in [4.78, 5) is 0. The van der Waals surface area contributed by atoms with Crippen molar-refractivity contribution in [3.8, 4) is 0 Å². The van der Waals surface area contributed by atoms with E-state index in [0.29, 0.717) is 0 Å². The highest BCUT2D eigenvalue weighted by Crippen LogP contribution is 2.38. The lowest BCUT2D eigenvalue weighted by Gasteiger charge is -2.35. The van der Waals surface area contributed by atoms with Gasteiger partial charge in [0, 0.05) is 12.5 Å². The van der Waals surface area contributed by atoms with E-state index in [1.54, 1.807) is 0 Å². The molecule has 2 rings (SSSR count). The molecule has 0 aliphatic rings. The molecule has 1 aromatic heterocycles. The number of hydrogen-bond donors (Lipinski definition) is 1. The van der Waals surface area contributed by atoms with Crippen molar-refractivity contribution in [2.24, 2.45) is 7.05 Å². The number of nitrogens with one attached hydrogen (secondary N) is 1. The summed E-state index contributed by atoms with van der Waals surface area (Å²) >= 11 is 3.52.